The number of rotatable bonds is 5. The lowest BCUT2D eigenvalue weighted by molar-refractivity contribution is -0.137. The van der Waals surface area contributed by atoms with E-state index >= 15 is 0 Å². The van der Waals surface area contributed by atoms with E-state index in [0.29, 0.717) is 16.7 Å². The first-order chi connectivity index (χ1) is 15.7. The number of carbonyl (C=O) groups excluding carboxylic acids is 1. The van der Waals surface area contributed by atoms with Crippen molar-refractivity contribution in [2.75, 3.05) is 11.1 Å². The Labute approximate surface area is 190 Å². The zero-order valence-electron chi connectivity index (χ0n) is 17.3. The molecule has 0 atom stereocenters. The molecule has 0 saturated carbocycles. The van der Waals surface area contributed by atoms with Gasteiger partial charge in [0.05, 0.1) is 27.9 Å². The topological polar surface area (TPSA) is 76.9 Å². The van der Waals surface area contributed by atoms with Gasteiger partial charge in [-0.3, -0.25) is 9.59 Å². The second-order valence-corrected chi connectivity index (χ2v) is 8.07. The first-order valence-corrected chi connectivity index (χ1v) is 10.8. The van der Waals surface area contributed by atoms with Gasteiger partial charge in [0, 0.05) is 6.20 Å². The summed E-state index contributed by atoms with van der Waals surface area (Å²) in [6.07, 6.45) is -3.00. The van der Waals surface area contributed by atoms with Crippen LogP contribution in [0.1, 0.15) is 11.1 Å². The third-order valence-electron chi connectivity index (χ3n) is 4.71. The quantitative estimate of drug-likeness (QED) is 0.334. The van der Waals surface area contributed by atoms with Crippen LogP contribution >= 0.6 is 11.8 Å². The van der Waals surface area contributed by atoms with Crippen molar-refractivity contribution in [3.63, 3.8) is 0 Å². The van der Waals surface area contributed by atoms with Crippen LogP contribution < -0.4 is 10.9 Å². The largest absolute Gasteiger partial charge is 0.418 e. The minimum absolute atomic E-state index is 0.203. The van der Waals surface area contributed by atoms with Gasteiger partial charge in [-0.25, -0.2) is 14.5 Å². The monoisotopic (exact) mass is 470 g/mol. The van der Waals surface area contributed by atoms with Crippen LogP contribution in [0.25, 0.3) is 16.7 Å². The fourth-order valence-electron chi connectivity index (χ4n) is 3.16. The number of aromatic nitrogens is 3. The average molecular weight is 470 g/mol. The molecule has 0 radical (unpaired) electrons. The van der Waals surface area contributed by atoms with Crippen LogP contribution in [0.15, 0.2) is 76.8 Å². The third kappa shape index (κ3) is 4.90. The smallest absolute Gasteiger partial charge is 0.325 e. The van der Waals surface area contributed by atoms with E-state index in [9.17, 15) is 22.8 Å². The molecule has 0 aliphatic rings. The fourth-order valence-corrected chi connectivity index (χ4v) is 3.96. The molecule has 0 fully saturated rings. The Kier molecular flexibility index (Phi) is 6.19. The molecule has 0 unspecified atom stereocenters. The van der Waals surface area contributed by atoms with E-state index in [1.54, 1.807) is 42.6 Å². The molecule has 4 aromatic rings. The zero-order valence-corrected chi connectivity index (χ0v) is 18.1. The summed E-state index contributed by atoms with van der Waals surface area (Å²) in [6.45, 7) is 1.86. The van der Waals surface area contributed by atoms with Crippen LogP contribution in [0.5, 0.6) is 0 Å². The van der Waals surface area contributed by atoms with Gasteiger partial charge in [0.1, 0.15) is 5.82 Å². The maximum atomic E-state index is 13.2. The van der Waals surface area contributed by atoms with Crippen LogP contribution in [-0.4, -0.2) is 26.2 Å². The molecular formula is C23H17F3N4O2S. The number of fused-ring (bicyclic) bond motifs is 1. The van der Waals surface area contributed by atoms with Crippen LogP contribution in [0.3, 0.4) is 0 Å². The Balaban J connectivity index is 1.65. The number of anilines is 1. The highest BCUT2D eigenvalue weighted by atomic mass is 32.2. The van der Waals surface area contributed by atoms with Crippen molar-refractivity contribution in [3.8, 4) is 5.82 Å². The maximum Gasteiger partial charge on any atom is 0.418 e. The summed E-state index contributed by atoms with van der Waals surface area (Å²) in [4.78, 5) is 34.4. The van der Waals surface area contributed by atoms with Crippen molar-refractivity contribution in [1.29, 1.82) is 0 Å². The molecule has 168 valence electrons. The molecule has 1 N–H and O–H groups in total. The number of nitrogens with one attached hydrogen (secondary N) is 1. The van der Waals surface area contributed by atoms with Gasteiger partial charge in [0.15, 0.2) is 5.16 Å². The van der Waals surface area contributed by atoms with Crippen molar-refractivity contribution >= 4 is 34.3 Å². The van der Waals surface area contributed by atoms with Gasteiger partial charge in [0.2, 0.25) is 5.91 Å². The SMILES string of the molecule is Cc1ccc(-n2c(SCC(=O)Nc3ccccc3C(F)(F)F)nc3ccccc3c2=O)nc1. The molecule has 4 rings (SSSR count). The molecule has 0 aliphatic carbocycles. The number of para-hydroxylation sites is 2. The highest BCUT2D eigenvalue weighted by molar-refractivity contribution is 7.99. The Morgan fingerprint density at radius 1 is 1.06 bits per heavy atom. The first kappa shape index (κ1) is 22.5. The van der Waals surface area contributed by atoms with Gasteiger partial charge < -0.3 is 5.32 Å². The highest BCUT2D eigenvalue weighted by Gasteiger charge is 2.33. The summed E-state index contributed by atoms with van der Waals surface area (Å²) in [5, 5.41) is 2.88. The standard InChI is InChI=1S/C23H17F3N4O2S/c1-14-10-11-19(27-12-14)30-21(32)15-6-2-4-8-17(15)29-22(30)33-13-20(31)28-18-9-5-3-7-16(18)23(24,25)26/h2-12H,13H2,1H3,(H,28,31). The van der Waals surface area contributed by atoms with E-state index < -0.39 is 17.6 Å². The summed E-state index contributed by atoms with van der Waals surface area (Å²) in [6, 6.07) is 15.0. The lowest BCUT2D eigenvalue weighted by Gasteiger charge is -2.14. The predicted octanol–water partition coefficient (Wildman–Crippen LogP) is 4.84. The molecule has 33 heavy (non-hydrogen) atoms. The van der Waals surface area contributed by atoms with Gasteiger partial charge in [-0.05, 0) is 42.8 Å². The Hall–Kier alpha value is -3.66. The number of hydrogen-bond acceptors (Lipinski definition) is 5. The van der Waals surface area contributed by atoms with Crippen LogP contribution in [0.2, 0.25) is 0 Å². The minimum Gasteiger partial charge on any atom is -0.325 e. The van der Waals surface area contributed by atoms with Gasteiger partial charge in [-0.1, -0.05) is 42.1 Å². The van der Waals surface area contributed by atoms with Crippen LogP contribution in [0.4, 0.5) is 18.9 Å². The predicted molar refractivity (Wildman–Crippen MR) is 121 cm³/mol. The van der Waals surface area contributed by atoms with E-state index in [4.69, 9.17) is 0 Å². The molecule has 0 saturated heterocycles. The third-order valence-corrected chi connectivity index (χ3v) is 5.65. The number of pyridine rings is 1. The molecule has 1 amide bonds. The van der Waals surface area contributed by atoms with Crippen LogP contribution in [-0.2, 0) is 11.0 Å². The number of amides is 1. The second-order valence-electron chi connectivity index (χ2n) is 7.13. The Bertz CT molecular complexity index is 1390. The number of alkyl halides is 3. The van der Waals surface area contributed by atoms with E-state index in [2.05, 4.69) is 15.3 Å². The van der Waals surface area contributed by atoms with Crippen molar-refractivity contribution < 1.29 is 18.0 Å². The number of carbonyl (C=O) groups is 1. The molecule has 10 heteroatoms. The van der Waals surface area contributed by atoms with Crippen molar-refractivity contribution in [1.82, 2.24) is 14.5 Å². The highest BCUT2D eigenvalue weighted by Crippen LogP contribution is 2.34. The molecule has 0 aliphatic heterocycles. The van der Waals surface area contributed by atoms with Crippen molar-refractivity contribution in [2.45, 2.75) is 18.3 Å². The van der Waals surface area contributed by atoms with E-state index in [-0.39, 0.29) is 22.2 Å². The van der Waals surface area contributed by atoms with Gasteiger partial charge in [0.25, 0.3) is 5.56 Å². The maximum absolute atomic E-state index is 13.2. The van der Waals surface area contributed by atoms with Gasteiger partial charge in [-0.2, -0.15) is 13.2 Å². The minimum atomic E-state index is -4.60. The number of thioether (sulfide) groups is 1. The first-order valence-electron chi connectivity index (χ1n) is 9.78. The number of halogens is 3. The van der Waals surface area contributed by atoms with E-state index in [1.807, 2.05) is 6.92 Å². The lowest BCUT2D eigenvalue weighted by atomic mass is 10.1. The normalized spacial score (nSPS) is 11.5. The number of benzene rings is 2. The summed E-state index contributed by atoms with van der Waals surface area (Å²) < 4.78 is 40.9. The fraction of sp³-hybridized carbons (Fsp3) is 0.130. The molecule has 0 spiro atoms. The summed E-state index contributed by atoms with van der Waals surface area (Å²) in [7, 11) is 0. The number of hydrogen-bond donors (Lipinski definition) is 1. The zero-order chi connectivity index (χ0) is 23.6. The molecule has 6 nitrogen and oxygen atoms in total. The molecule has 0 bridgehead atoms. The van der Waals surface area contributed by atoms with E-state index in [1.165, 1.54) is 22.8 Å². The number of nitrogens with zero attached hydrogens (tertiary/aromatic N) is 3. The summed E-state index contributed by atoms with van der Waals surface area (Å²) in [5.74, 6) is -0.597. The summed E-state index contributed by atoms with van der Waals surface area (Å²) >= 11 is 0.934. The molecule has 2 aromatic heterocycles. The Morgan fingerprint density at radius 2 is 1.79 bits per heavy atom. The molecule has 2 aromatic carbocycles. The van der Waals surface area contributed by atoms with Crippen LogP contribution in [0, 0.1) is 6.92 Å². The van der Waals surface area contributed by atoms with Crippen molar-refractivity contribution in [2.24, 2.45) is 0 Å². The molecule has 2 heterocycles. The Morgan fingerprint density at radius 3 is 2.52 bits per heavy atom. The van der Waals surface area contributed by atoms with Gasteiger partial charge in [-0.15, -0.1) is 0 Å². The average Bonchev–Trinajstić information content (AvgIpc) is 2.78. The lowest BCUT2D eigenvalue weighted by Crippen LogP contribution is -2.24. The number of aryl methyl sites for hydroxylation is 1. The van der Waals surface area contributed by atoms with Gasteiger partial charge >= 0.3 is 6.18 Å². The van der Waals surface area contributed by atoms with E-state index in [0.717, 1.165) is 23.4 Å². The second kappa shape index (κ2) is 9.07. The van der Waals surface area contributed by atoms with Crippen molar-refractivity contribution in [3.05, 3.63) is 88.3 Å². The summed E-state index contributed by atoms with van der Waals surface area (Å²) in [5.41, 5.74) is -0.288. The molecular weight excluding hydrogens is 453 g/mol.